The lowest BCUT2D eigenvalue weighted by Crippen LogP contribution is -2.38. The van der Waals surface area contributed by atoms with Crippen molar-refractivity contribution in [3.05, 3.63) is 34.9 Å². The summed E-state index contributed by atoms with van der Waals surface area (Å²) in [6.07, 6.45) is 2.26. The summed E-state index contributed by atoms with van der Waals surface area (Å²) in [5.41, 5.74) is 1.13. The molecule has 0 aliphatic heterocycles. The van der Waals surface area contributed by atoms with E-state index in [1.807, 2.05) is 29.2 Å². The normalized spacial score (nSPS) is 14.7. The molecule has 1 aliphatic carbocycles. The highest BCUT2D eigenvalue weighted by Crippen LogP contribution is 2.28. The third kappa shape index (κ3) is 3.45. The van der Waals surface area contributed by atoms with Gasteiger partial charge in [0.25, 0.3) is 0 Å². The van der Waals surface area contributed by atoms with Gasteiger partial charge in [0.05, 0.1) is 6.54 Å². The standard InChI is InChI=1S/C13H17ClN2O/c1-15-8-13(17)16(12-6-7-12)9-10-2-4-11(14)5-3-10/h2-5,12,15H,6-9H2,1H3. The minimum absolute atomic E-state index is 0.171. The zero-order chi connectivity index (χ0) is 12.3. The van der Waals surface area contributed by atoms with Crippen LogP contribution >= 0.6 is 11.6 Å². The van der Waals surface area contributed by atoms with E-state index >= 15 is 0 Å². The Morgan fingerprint density at radius 3 is 2.59 bits per heavy atom. The van der Waals surface area contributed by atoms with Crippen molar-refractivity contribution in [2.24, 2.45) is 0 Å². The summed E-state index contributed by atoms with van der Waals surface area (Å²) in [7, 11) is 1.80. The van der Waals surface area contributed by atoms with Gasteiger partial charge >= 0.3 is 0 Å². The van der Waals surface area contributed by atoms with Gasteiger partial charge in [0.1, 0.15) is 0 Å². The van der Waals surface area contributed by atoms with Crippen LogP contribution in [-0.4, -0.2) is 30.4 Å². The Kier molecular flexibility index (Phi) is 4.02. The van der Waals surface area contributed by atoms with Crippen LogP contribution in [0, 0.1) is 0 Å². The molecule has 3 nitrogen and oxygen atoms in total. The van der Waals surface area contributed by atoms with Gasteiger partial charge in [0, 0.05) is 17.6 Å². The lowest BCUT2D eigenvalue weighted by atomic mass is 10.2. The molecule has 1 aromatic rings. The summed E-state index contributed by atoms with van der Waals surface area (Å²) < 4.78 is 0. The van der Waals surface area contributed by atoms with E-state index in [9.17, 15) is 4.79 Å². The number of carbonyl (C=O) groups is 1. The van der Waals surface area contributed by atoms with Gasteiger partial charge in [0.2, 0.25) is 5.91 Å². The molecule has 0 radical (unpaired) electrons. The second-order valence-corrected chi connectivity index (χ2v) is 4.85. The quantitative estimate of drug-likeness (QED) is 0.870. The smallest absolute Gasteiger partial charge is 0.237 e. The fourth-order valence-electron chi connectivity index (χ4n) is 1.85. The van der Waals surface area contributed by atoms with E-state index in [0.29, 0.717) is 19.1 Å². The van der Waals surface area contributed by atoms with Crippen LogP contribution < -0.4 is 5.32 Å². The van der Waals surface area contributed by atoms with E-state index in [4.69, 9.17) is 11.6 Å². The predicted molar refractivity (Wildman–Crippen MR) is 69.0 cm³/mol. The van der Waals surface area contributed by atoms with Crippen molar-refractivity contribution in [2.75, 3.05) is 13.6 Å². The van der Waals surface area contributed by atoms with Gasteiger partial charge in [-0.3, -0.25) is 4.79 Å². The Bertz CT molecular complexity index is 387. The largest absolute Gasteiger partial charge is 0.334 e. The van der Waals surface area contributed by atoms with Crippen molar-refractivity contribution < 1.29 is 4.79 Å². The SMILES string of the molecule is CNCC(=O)N(Cc1ccc(Cl)cc1)C1CC1. The Hall–Kier alpha value is -1.06. The maximum absolute atomic E-state index is 11.9. The molecule has 0 bridgehead atoms. The van der Waals surface area contributed by atoms with Gasteiger partial charge in [-0.2, -0.15) is 0 Å². The molecule has 2 rings (SSSR count). The van der Waals surface area contributed by atoms with E-state index in [0.717, 1.165) is 23.4 Å². The molecule has 1 aromatic carbocycles. The average Bonchev–Trinajstić information content (AvgIpc) is 3.12. The van der Waals surface area contributed by atoms with Gasteiger partial charge in [-0.1, -0.05) is 23.7 Å². The van der Waals surface area contributed by atoms with Gasteiger partial charge in [-0.25, -0.2) is 0 Å². The van der Waals surface area contributed by atoms with Crippen LogP contribution in [-0.2, 0) is 11.3 Å². The number of carbonyl (C=O) groups excluding carboxylic acids is 1. The maximum Gasteiger partial charge on any atom is 0.237 e. The molecule has 0 aromatic heterocycles. The first-order valence-electron chi connectivity index (χ1n) is 5.89. The second-order valence-electron chi connectivity index (χ2n) is 4.41. The van der Waals surface area contributed by atoms with Crippen molar-refractivity contribution in [1.29, 1.82) is 0 Å². The van der Waals surface area contributed by atoms with Gasteiger partial charge < -0.3 is 10.2 Å². The number of amides is 1. The van der Waals surface area contributed by atoms with Crippen LogP contribution in [0.1, 0.15) is 18.4 Å². The van der Waals surface area contributed by atoms with Crippen LogP contribution in [0.4, 0.5) is 0 Å². The van der Waals surface area contributed by atoms with Gasteiger partial charge in [-0.15, -0.1) is 0 Å². The minimum atomic E-state index is 0.171. The molecule has 17 heavy (non-hydrogen) atoms. The van der Waals surface area contributed by atoms with Gasteiger partial charge in [-0.05, 0) is 37.6 Å². The summed E-state index contributed by atoms with van der Waals surface area (Å²) in [6, 6.07) is 8.12. The highest BCUT2D eigenvalue weighted by molar-refractivity contribution is 6.30. The van der Waals surface area contributed by atoms with Crippen molar-refractivity contribution in [3.63, 3.8) is 0 Å². The Labute approximate surface area is 107 Å². The summed E-state index contributed by atoms with van der Waals surface area (Å²) in [5.74, 6) is 0.171. The number of benzene rings is 1. The zero-order valence-electron chi connectivity index (χ0n) is 9.95. The average molecular weight is 253 g/mol. The molecule has 0 unspecified atom stereocenters. The first kappa shape index (κ1) is 12.4. The van der Waals surface area contributed by atoms with Crippen LogP contribution in [0.2, 0.25) is 5.02 Å². The number of hydrogen-bond acceptors (Lipinski definition) is 2. The van der Waals surface area contributed by atoms with E-state index in [2.05, 4.69) is 5.32 Å². The number of nitrogens with zero attached hydrogens (tertiary/aromatic N) is 1. The third-order valence-electron chi connectivity index (χ3n) is 2.90. The van der Waals surface area contributed by atoms with Crippen LogP contribution in [0.25, 0.3) is 0 Å². The first-order valence-corrected chi connectivity index (χ1v) is 6.27. The summed E-state index contributed by atoms with van der Waals surface area (Å²) >= 11 is 5.84. The molecule has 0 atom stereocenters. The van der Waals surface area contributed by atoms with E-state index in [-0.39, 0.29) is 5.91 Å². The maximum atomic E-state index is 11.9. The fourth-order valence-corrected chi connectivity index (χ4v) is 1.97. The Morgan fingerprint density at radius 2 is 2.06 bits per heavy atom. The topological polar surface area (TPSA) is 32.3 Å². The molecular formula is C13H17ClN2O. The van der Waals surface area contributed by atoms with Crippen LogP contribution in [0.5, 0.6) is 0 Å². The highest BCUT2D eigenvalue weighted by Gasteiger charge is 2.31. The fraction of sp³-hybridized carbons (Fsp3) is 0.462. The van der Waals surface area contributed by atoms with Crippen molar-refractivity contribution in [1.82, 2.24) is 10.2 Å². The van der Waals surface area contributed by atoms with E-state index in [1.54, 1.807) is 7.05 Å². The number of likely N-dealkylation sites (N-methyl/N-ethyl adjacent to an activating group) is 1. The number of nitrogens with one attached hydrogen (secondary N) is 1. The molecular weight excluding hydrogens is 236 g/mol. The summed E-state index contributed by atoms with van der Waals surface area (Å²) in [6.45, 7) is 1.09. The highest BCUT2D eigenvalue weighted by atomic mass is 35.5. The van der Waals surface area contributed by atoms with Crippen molar-refractivity contribution >= 4 is 17.5 Å². The lowest BCUT2D eigenvalue weighted by Gasteiger charge is -2.22. The summed E-state index contributed by atoms with van der Waals surface area (Å²) in [5, 5.41) is 3.64. The molecule has 1 amide bonds. The molecule has 92 valence electrons. The minimum Gasteiger partial charge on any atom is -0.334 e. The summed E-state index contributed by atoms with van der Waals surface area (Å²) in [4.78, 5) is 13.9. The second kappa shape index (κ2) is 5.52. The predicted octanol–water partition coefficient (Wildman–Crippen LogP) is 2.05. The molecule has 1 aliphatic rings. The van der Waals surface area contributed by atoms with Gasteiger partial charge in [0.15, 0.2) is 0 Å². The molecule has 0 saturated heterocycles. The Balaban J connectivity index is 2.02. The number of halogens is 1. The molecule has 0 spiro atoms. The number of rotatable bonds is 5. The molecule has 4 heteroatoms. The van der Waals surface area contributed by atoms with E-state index < -0.39 is 0 Å². The first-order chi connectivity index (χ1) is 8.20. The van der Waals surface area contributed by atoms with Crippen LogP contribution in [0.15, 0.2) is 24.3 Å². The van der Waals surface area contributed by atoms with E-state index in [1.165, 1.54) is 0 Å². The zero-order valence-corrected chi connectivity index (χ0v) is 10.7. The Morgan fingerprint density at radius 1 is 1.41 bits per heavy atom. The molecule has 0 heterocycles. The van der Waals surface area contributed by atoms with Crippen molar-refractivity contribution in [3.8, 4) is 0 Å². The lowest BCUT2D eigenvalue weighted by molar-refractivity contribution is -0.131. The molecule has 1 N–H and O–H groups in total. The molecule has 1 fully saturated rings. The van der Waals surface area contributed by atoms with Crippen molar-refractivity contribution in [2.45, 2.75) is 25.4 Å². The third-order valence-corrected chi connectivity index (χ3v) is 3.15. The molecule has 1 saturated carbocycles. The van der Waals surface area contributed by atoms with Crippen LogP contribution in [0.3, 0.4) is 0 Å². The number of hydrogen-bond donors (Lipinski definition) is 1. The monoisotopic (exact) mass is 252 g/mol.